The molecule has 0 bridgehead atoms. The summed E-state index contributed by atoms with van der Waals surface area (Å²) in [4.78, 5) is 11.4. The van der Waals surface area contributed by atoms with Gasteiger partial charge in [-0.25, -0.2) is 0 Å². The molecule has 1 heterocycles. The molecule has 1 fully saturated rings. The highest BCUT2D eigenvalue weighted by Crippen LogP contribution is 2.14. The van der Waals surface area contributed by atoms with Crippen LogP contribution in [0.1, 0.15) is 39.0 Å². The van der Waals surface area contributed by atoms with Crippen molar-refractivity contribution >= 4 is 5.91 Å². The molecule has 0 spiro atoms. The van der Waals surface area contributed by atoms with E-state index >= 15 is 0 Å². The number of ether oxygens (including phenoxy) is 1. The number of rotatable bonds is 8. The van der Waals surface area contributed by atoms with Gasteiger partial charge in [-0.1, -0.05) is 6.92 Å². The van der Waals surface area contributed by atoms with Crippen molar-refractivity contribution in [1.82, 2.24) is 10.6 Å². The molecule has 0 aromatic carbocycles. The molecule has 1 saturated heterocycles. The monoisotopic (exact) mass is 242 g/mol. The van der Waals surface area contributed by atoms with Gasteiger partial charge in [0, 0.05) is 19.6 Å². The third-order valence-electron chi connectivity index (χ3n) is 3.16. The average molecular weight is 242 g/mol. The van der Waals surface area contributed by atoms with Crippen LogP contribution in [-0.4, -0.2) is 38.8 Å². The van der Waals surface area contributed by atoms with E-state index in [1.54, 1.807) is 0 Å². The molecular weight excluding hydrogens is 216 g/mol. The zero-order chi connectivity index (χ0) is 12.3. The molecule has 0 atom stereocenters. The highest BCUT2D eigenvalue weighted by Gasteiger charge is 2.12. The summed E-state index contributed by atoms with van der Waals surface area (Å²) in [5.41, 5.74) is 0. The van der Waals surface area contributed by atoms with Crippen molar-refractivity contribution in [2.24, 2.45) is 5.92 Å². The Kier molecular flexibility index (Phi) is 8.01. The van der Waals surface area contributed by atoms with E-state index in [1.165, 1.54) is 12.8 Å². The molecule has 100 valence electrons. The van der Waals surface area contributed by atoms with E-state index in [1.807, 2.05) is 0 Å². The Morgan fingerprint density at radius 3 is 2.82 bits per heavy atom. The number of amides is 1. The summed E-state index contributed by atoms with van der Waals surface area (Å²) in [6.45, 7) is 6.44. The predicted octanol–water partition coefficient (Wildman–Crippen LogP) is 1.31. The van der Waals surface area contributed by atoms with E-state index < -0.39 is 0 Å². The standard InChI is InChI=1S/C13H26N2O2/c1-2-10-17-11-6-13(16)15-9-5-12-3-7-14-8-4-12/h12,14H,2-11H2,1H3,(H,15,16). The van der Waals surface area contributed by atoms with Gasteiger partial charge in [0.25, 0.3) is 0 Å². The van der Waals surface area contributed by atoms with E-state index in [0.29, 0.717) is 13.0 Å². The third kappa shape index (κ3) is 7.34. The van der Waals surface area contributed by atoms with Crippen molar-refractivity contribution in [3.63, 3.8) is 0 Å². The minimum absolute atomic E-state index is 0.120. The highest BCUT2D eigenvalue weighted by atomic mass is 16.5. The molecule has 0 aromatic heterocycles. The molecule has 0 aliphatic carbocycles. The number of piperidine rings is 1. The Labute approximate surface area is 104 Å². The van der Waals surface area contributed by atoms with E-state index in [2.05, 4.69) is 17.6 Å². The quantitative estimate of drug-likeness (QED) is 0.631. The van der Waals surface area contributed by atoms with Crippen molar-refractivity contribution in [3.8, 4) is 0 Å². The van der Waals surface area contributed by atoms with Crippen LogP contribution in [0.5, 0.6) is 0 Å². The summed E-state index contributed by atoms with van der Waals surface area (Å²) in [5.74, 6) is 0.905. The summed E-state index contributed by atoms with van der Waals surface area (Å²) < 4.78 is 5.28. The van der Waals surface area contributed by atoms with Crippen LogP contribution in [0.2, 0.25) is 0 Å². The van der Waals surface area contributed by atoms with Gasteiger partial charge in [-0.3, -0.25) is 4.79 Å². The summed E-state index contributed by atoms with van der Waals surface area (Å²) in [6.07, 6.45) is 5.11. The molecule has 0 radical (unpaired) electrons. The van der Waals surface area contributed by atoms with Crippen LogP contribution < -0.4 is 10.6 Å². The van der Waals surface area contributed by atoms with Crippen molar-refractivity contribution in [2.45, 2.75) is 39.0 Å². The van der Waals surface area contributed by atoms with Crippen molar-refractivity contribution in [1.29, 1.82) is 0 Å². The Morgan fingerprint density at radius 1 is 1.35 bits per heavy atom. The molecule has 1 rings (SSSR count). The fourth-order valence-corrected chi connectivity index (χ4v) is 2.09. The zero-order valence-corrected chi connectivity index (χ0v) is 11.0. The van der Waals surface area contributed by atoms with Gasteiger partial charge < -0.3 is 15.4 Å². The second kappa shape index (κ2) is 9.42. The Morgan fingerprint density at radius 2 is 2.12 bits per heavy atom. The summed E-state index contributed by atoms with van der Waals surface area (Å²) in [7, 11) is 0. The van der Waals surface area contributed by atoms with Crippen LogP contribution in [0, 0.1) is 5.92 Å². The zero-order valence-electron chi connectivity index (χ0n) is 11.0. The van der Waals surface area contributed by atoms with Crippen LogP contribution in [-0.2, 0) is 9.53 Å². The molecule has 0 saturated carbocycles. The fraction of sp³-hybridized carbons (Fsp3) is 0.923. The van der Waals surface area contributed by atoms with Crippen molar-refractivity contribution in [2.75, 3.05) is 32.8 Å². The highest BCUT2D eigenvalue weighted by molar-refractivity contribution is 5.75. The molecule has 2 N–H and O–H groups in total. The van der Waals surface area contributed by atoms with Crippen LogP contribution in [0.15, 0.2) is 0 Å². The van der Waals surface area contributed by atoms with Gasteiger partial charge in [-0.15, -0.1) is 0 Å². The van der Waals surface area contributed by atoms with Gasteiger partial charge in [-0.2, -0.15) is 0 Å². The first kappa shape index (κ1) is 14.5. The lowest BCUT2D eigenvalue weighted by Gasteiger charge is -2.22. The Balaban J connectivity index is 1.92. The van der Waals surface area contributed by atoms with Crippen molar-refractivity contribution < 1.29 is 9.53 Å². The van der Waals surface area contributed by atoms with E-state index in [9.17, 15) is 4.79 Å². The van der Waals surface area contributed by atoms with Crippen LogP contribution in [0.4, 0.5) is 0 Å². The second-order valence-electron chi connectivity index (χ2n) is 4.69. The van der Waals surface area contributed by atoms with Gasteiger partial charge in [0.15, 0.2) is 0 Å². The van der Waals surface area contributed by atoms with Gasteiger partial charge in [0.05, 0.1) is 6.61 Å². The number of hydrogen-bond acceptors (Lipinski definition) is 3. The SMILES string of the molecule is CCCOCCC(=O)NCCC1CCNCC1. The van der Waals surface area contributed by atoms with Gasteiger partial charge in [0.2, 0.25) is 5.91 Å². The van der Waals surface area contributed by atoms with Crippen LogP contribution in [0.3, 0.4) is 0 Å². The summed E-state index contributed by atoms with van der Waals surface area (Å²) >= 11 is 0. The molecule has 4 heteroatoms. The third-order valence-corrected chi connectivity index (χ3v) is 3.16. The van der Waals surface area contributed by atoms with Crippen LogP contribution in [0.25, 0.3) is 0 Å². The normalized spacial score (nSPS) is 17.0. The van der Waals surface area contributed by atoms with E-state index in [0.717, 1.165) is 45.0 Å². The second-order valence-corrected chi connectivity index (χ2v) is 4.69. The summed E-state index contributed by atoms with van der Waals surface area (Å²) in [5, 5.41) is 6.32. The number of carbonyl (C=O) groups excluding carboxylic acids is 1. The fourth-order valence-electron chi connectivity index (χ4n) is 2.09. The maximum atomic E-state index is 11.4. The Bertz CT molecular complexity index is 204. The van der Waals surface area contributed by atoms with Gasteiger partial charge >= 0.3 is 0 Å². The lowest BCUT2D eigenvalue weighted by atomic mass is 9.95. The first-order chi connectivity index (χ1) is 8.33. The summed E-state index contributed by atoms with van der Waals surface area (Å²) in [6, 6.07) is 0. The molecule has 1 amide bonds. The first-order valence-corrected chi connectivity index (χ1v) is 6.88. The van der Waals surface area contributed by atoms with Crippen molar-refractivity contribution in [3.05, 3.63) is 0 Å². The number of hydrogen-bond donors (Lipinski definition) is 2. The minimum Gasteiger partial charge on any atom is -0.381 e. The number of nitrogens with one attached hydrogen (secondary N) is 2. The van der Waals surface area contributed by atoms with Gasteiger partial charge in [0.1, 0.15) is 0 Å². The molecule has 1 aliphatic heterocycles. The number of carbonyl (C=O) groups is 1. The molecule has 0 unspecified atom stereocenters. The molecule has 4 nitrogen and oxygen atoms in total. The largest absolute Gasteiger partial charge is 0.381 e. The lowest BCUT2D eigenvalue weighted by molar-refractivity contribution is -0.122. The van der Waals surface area contributed by atoms with Crippen LogP contribution >= 0.6 is 0 Å². The lowest BCUT2D eigenvalue weighted by Crippen LogP contribution is -2.31. The molecule has 17 heavy (non-hydrogen) atoms. The first-order valence-electron chi connectivity index (χ1n) is 6.88. The Hall–Kier alpha value is -0.610. The molecular formula is C13H26N2O2. The maximum absolute atomic E-state index is 11.4. The smallest absolute Gasteiger partial charge is 0.222 e. The predicted molar refractivity (Wildman–Crippen MR) is 68.9 cm³/mol. The topological polar surface area (TPSA) is 50.4 Å². The minimum atomic E-state index is 0.120. The average Bonchev–Trinajstić information content (AvgIpc) is 2.36. The molecule has 0 aromatic rings. The van der Waals surface area contributed by atoms with Gasteiger partial charge in [-0.05, 0) is 44.7 Å². The van der Waals surface area contributed by atoms with E-state index in [-0.39, 0.29) is 5.91 Å². The maximum Gasteiger partial charge on any atom is 0.222 e. The molecule has 1 aliphatic rings. The van der Waals surface area contributed by atoms with E-state index in [4.69, 9.17) is 4.74 Å².